The van der Waals surface area contributed by atoms with E-state index in [0.717, 1.165) is 12.5 Å². The number of carboxylic acids is 1. The van der Waals surface area contributed by atoms with Crippen LogP contribution in [0.25, 0.3) is 0 Å². The van der Waals surface area contributed by atoms with Crippen molar-refractivity contribution in [2.24, 2.45) is 11.7 Å². The molecule has 1 aliphatic heterocycles. The molecular formula is C13H27N3O2. The molecule has 0 amide bonds. The summed E-state index contributed by atoms with van der Waals surface area (Å²) in [7, 11) is 4.20. The van der Waals surface area contributed by atoms with Crippen LogP contribution in [0.2, 0.25) is 0 Å². The molecule has 2 unspecified atom stereocenters. The molecule has 0 saturated carbocycles. The minimum atomic E-state index is -0.815. The molecule has 2 atom stereocenters. The SMILES string of the molecule is CN(CCC1CCCN(C)C1)CC(N)CC(=O)O. The van der Waals surface area contributed by atoms with Crippen LogP contribution in [0.1, 0.15) is 25.7 Å². The second-order valence-electron chi connectivity index (χ2n) is 5.68. The Bertz CT molecular complexity index is 261. The van der Waals surface area contributed by atoms with Gasteiger partial charge in [-0.1, -0.05) is 0 Å². The highest BCUT2D eigenvalue weighted by atomic mass is 16.4. The lowest BCUT2D eigenvalue weighted by Crippen LogP contribution is -2.39. The van der Waals surface area contributed by atoms with E-state index in [-0.39, 0.29) is 12.5 Å². The largest absolute Gasteiger partial charge is 0.481 e. The first-order valence-corrected chi connectivity index (χ1v) is 6.82. The van der Waals surface area contributed by atoms with Gasteiger partial charge < -0.3 is 20.6 Å². The van der Waals surface area contributed by atoms with E-state index >= 15 is 0 Å². The number of likely N-dealkylation sites (tertiary alicyclic amines) is 1. The maximum Gasteiger partial charge on any atom is 0.304 e. The zero-order chi connectivity index (χ0) is 13.5. The van der Waals surface area contributed by atoms with Crippen molar-refractivity contribution in [3.8, 4) is 0 Å². The Balaban J connectivity index is 2.15. The summed E-state index contributed by atoms with van der Waals surface area (Å²) in [6.45, 7) is 4.07. The number of nitrogens with two attached hydrogens (primary N) is 1. The monoisotopic (exact) mass is 257 g/mol. The van der Waals surface area contributed by atoms with Crippen molar-refractivity contribution in [3.63, 3.8) is 0 Å². The Kier molecular flexibility index (Phi) is 6.60. The van der Waals surface area contributed by atoms with Crippen LogP contribution in [0.15, 0.2) is 0 Å². The van der Waals surface area contributed by atoms with Gasteiger partial charge in [-0.3, -0.25) is 4.79 Å². The molecule has 0 spiro atoms. The standard InChI is InChI=1S/C13H27N3O2/c1-15-6-3-4-11(9-15)5-7-16(2)10-12(14)8-13(17)18/h11-12H,3-10,14H2,1-2H3,(H,17,18). The highest BCUT2D eigenvalue weighted by molar-refractivity contribution is 5.67. The maximum absolute atomic E-state index is 10.5. The first-order chi connectivity index (χ1) is 8.47. The molecule has 0 aromatic rings. The lowest BCUT2D eigenvalue weighted by Gasteiger charge is -2.31. The van der Waals surface area contributed by atoms with E-state index in [4.69, 9.17) is 10.8 Å². The second-order valence-corrected chi connectivity index (χ2v) is 5.68. The molecule has 1 heterocycles. The predicted octanol–water partition coefficient (Wildman–Crippen LogP) is 0.452. The smallest absolute Gasteiger partial charge is 0.304 e. The lowest BCUT2D eigenvalue weighted by atomic mass is 9.95. The summed E-state index contributed by atoms with van der Waals surface area (Å²) in [5.74, 6) is -0.0355. The van der Waals surface area contributed by atoms with Crippen molar-refractivity contribution in [1.82, 2.24) is 9.80 Å². The van der Waals surface area contributed by atoms with Crippen molar-refractivity contribution < 1.29 is 9.90 Å². The third-order valence-electron chi connectivity index (χ3n) is 3.62. The van der Waals surface area contributed by atoms with E-state index in [1.165, 1.54) is 32.4 Å². The number of piperidine rings is 1. The second kappa shape index (κ2) is 7.71. The van der Waals surface area contributed by atoms with E-state index in [0.29, 0.717) is 6.54 Å². The fraction of sp³-hybridized carbons (Fsp3) is 0.923. The summed E-state index contributed by atoms with van der Waals surface area (Å²) in [6, 6.07) is -0.262. The molecule has 5 nitrogen and oxygen atoms in total. The number of hydrogen-bond donors (Lipinski definition) is 2. The van der Waals surface area contributed by atoms with Gasteiger partial charge in [-0.2, -0.15) is 0 Å². The van der Waals surface area contributed by atoms with E-state index in [9.17, 15) is 4.79 Å². The molecule has 106 valence electrons. The number of aliphatic carboxylic acids is 1. The lowest BCUT2D eigenvalue weighted by molar-refractivity contribution is -0.137. The van der Waals surface area contributed by atoms with Gasteiger partial charge in [0.25, 0.3) is 0 Å². The van der Waals surface area contributed by atoms with E-state index in [2.05, 4.69) is 16.8 Å². The van der Waals surface area contributed by atoms with Gasteiger partial charge in [-0.25, -0.2) is 0 Å². The predicted molar refractivity (Wildman–Crippen MR) is 72.6 cm³/mol. The van der Waals surface area contributed by atoms with Gasteiger partial charge >= 0.3 is 5.97 Å². The molecule has 1 rings (SSSR count). The fourth-order valence-electron chi connectivity index (χ4n) is 2.69. The van der Waals surface area contributed by atoms with Gasteiger partial charge in [0.05, 0.1) is 6.42 Å². The third-order valence-corrected chi connectivity index (χ3v) is 3.62. The van der Waals surface area contributed by atoms with Gasteiger partial charge in [-0.05, 0) is 52.4 Å². The number of carbonyl (C=O) groups is 1. The van der Waals surface area contributed by atoms with E-state index < -0.39 is 5.97 Å². The normalized spacial score (nSPS) is 23.2. The average Bonchev–Trinajstić information content (AvgIpc) is 2.25. The van der Waals surface area contributed by atoms with Crippen LogP contribution >= 0.6 is 0 Å². The first kappa shape index (κ1) is 15.4. The number of likely N-dealkylation sites (N-methyl/N-ethyl adjacent to an activating group) is 1. The maximum atomic E-state index is 10.5. The van der Waals surface area contributed by atoms with Crippen molar-refractivity contribution in [1.29, 1.82) is 0 Å². The van der Waals surface area contributed by atoms with Crippen LogP contribution in [0.5, 0.6) is 0 Å². The van der Waals surface area contributed by atoms with Crippen LogP contribution in [-0.4, -0.2) is 67.2 Å². The number of nitrogens with zero attached hydrogens (tertiary/aromatic N) is 2. The summed E-state index contributed by atoms with van der Waals surface area (Å²) in [4.78, 5) is 15.1. The van der Waals surface area contributed by atoms with Crippen LogP contribution < -0.4 is 5.73 Å². The Hall–Kier alpha value is -0.650. The molecule has 0 aliphatic carbocycles. The van der Waals surface area contributed by atoms with Gasteiger partial charge in [0.2, 0.25) is 0 Å². The molecular weight excluding hydrogens is 230 g/mol. The number of carboxylic acid groups (broad SMARTS) is 1. The molecule has 1 aliphatic rings. The highest BCUT2D eigenvalue weighted by Crippen LogP contribution is 2.18. The molecule has 0 aromatic heterocycles. The van der Waals surface area contributed by atoms with Crippen LogP contribution in [-0.2, 0) is 4.79 Å². The number of rotatable bonds is 7. The summed E-state index contributed by atoms with van der Waals surface area (Å²) >= 11 is 0. The Morgan fingerprint density at radius 1 is 1.61 bits per heavy atom. The molecule has 0 aromatic carbocycles. The van der Waals surface area contributed by atoms with E-state index in [1.807, 2.05) is 7.05 Å². The van der Waals surface area contributed by atoms with Crippen LogP contribution in [0.4, 0.5) is 0 Å². The molecule has 5 heteroatoms. The molecule has 0 radical (unpaired) electrons. The molecule has 0 bridgehead atoms. The van der Waals surface area contributed by atoms with Crippen molar-refractivity contribution in [2.75, 3.05) is 40.3 Å². The molecule has 18 heavy (non-hydrogen) atoms. The molecule has 3 N–H and O–H groups in total. The van der Waals surface area contributed by atoms with Gasteiger partial charge in [0.15, 0.2) is 0 Å². The van der Waals surface area contributed by atoms with Crippen LogP contribution in [0.3, 0.4) is 0 Å². The molecule has 1 fully saturated rings. The Labute approximate surface area is 110 Å². The average molecular weight is 257 g/mol. The topological polar surface area (TPSA) is 69.8 Å². The highest BCUT2D eigenvalue weighted by Gasteiger charge is 2.18. The van der Waals surface area contributed by atoms with Crippen molar-refractivity contribution in [2.45, 2.75) is 31.7 Å². The zero-order valence-electron chi connectivity index (χ0n) is 11.6. The minimum absolute atomic E-state index is 0.0521. The Morgan fingerprint density at radius 3 is 2.94 bits per heavy atom. The van der Waals surface area contributed by atoms with Crippen molar-refractivity contribution >= 4 is 5.97 Å². The van der Waals surface area contributed by atoms with Crippen molar-refractivity contribution in [3.05, 3.63) is 0 Å². The minimum Gasteiger partial charge on any atom is -0.481 e. The summed E-state index contributed by atoms with van der Waals surface area (Å²) in [6.07, 6.45) is 3.85. The summed E-state index contributed by atoms with van der Waals surface area (Å²) < 4.78 is 0. The fourth-order valence-corrected chi connectivity index (χ4v) is 2.69. The van der Waals surface area contributed by atoms with Crippen LogP contribution in [0, 0.1) is 5.92 Å². The third kappa shape index (κ3) is 6.33. The zero-order valence-corrected chi connectivity index (χ0v) is 11.6. The van der Waals surface area contributed by atoms with Gasteiger partial charge in [0, 0.05) is 19.1 Å². The first-order valence-electron chi connectivity index (χ1n) is 6.82. The van der Waals surface area contributed by atoms with Gasteiger partial charge in [0.1, 0.15) is 0 Å². The summed E-state index contributed by atoms with van der Waals surface area (Å²) in [5.41, 5.74) is 5.78. The number of hydrogen-bond acceptors (Lipinski definition) is 4. The molecule has 1 saturated heterocycles. The van der Waals surface area contributed by atoms with E-state index in [1.54, 1.807) is 0 Å². The quantitative estimate of drug-likeness (QED) is 0.693. The summed E-state index contributed by atoms with van der Waals surface area (Å²) in [5, 5.41) is 8.66. The van der Waals surface area contributed by atoms with Gasteiger partial charge in [-0.15, -0.1) is 0 Å². The Morgan fingerprint density at radius 2 is 2.33 bits per heavy atom.